The zero-order valence-electron chi connectivity index (χ0n) is 6.37. The van der Waals surface area contributed by atoms with Crippen LogP contribution < -0.4 is 0 Å². The van der Waals surface area contributed by atoms with Crippen LogP contribution in [0.5, 0.6) is 0 Å². The van der Waals surface area contributed by atoms with Crippen molar-refractivity contribution in [1.29, 1.82) is 0 Å². The number of halogens is 2. The largest absolute Gasteiger partial charge is 0.236 e. The number of hydrogen-bond donors (Lipinski definition) is 0. The van der Waals surface area contributed by atoms with Crippen molar-refractivity contribution in [3.8, 4) is 11.4 Å². The normalized spacial score (nSPS) is 10.3. The number of thiophene rings is 1. The summed E-state index contributed by atoms with van der Waals surface area (Å²) in [5.74, 6) is -0.224. The van der Waals surface area contributed by atoms with Crippen molar-refractivity contribution in [2.45, 2.75) is 0 Å². The first-order valence-corrected chi connectivity index (χ1v) is 4.75. The second kappa shape index (κ2) is 3.40. The molecule has 0 saturated heterocycles. The standard InChI is InChI=1S/C8H4ClFN2S/c9-7-5(2-4-13-7)8-11-3-1-6(10)12-8/h1-4H. The van der Waals surface area contributed by atoms with Gasteiger partial charge in [-0.05, 0) is 11.4 Å². The average Bonchev–Trinajstić information content (AvgIpc) is 2.51. The second-order valence-corrected chi connectivity index (χ2v) is 3.83. The van der Waals surface area contributed by atoms with Gasteiger partial charge in [0.15, 0.2) is 5.82 Å². The van der Waals surface area contributed by atoms with Gasteiger partial charge in [0.05, 0.1) is 0 Å². The number of nitrogens with zero attached hydrogens (tertiary/aromatic N) is 2. The summed E-state index contributed by atoms with van der Waals surface area (Å²) in [5, 5.41) is 1.81. The maximum absolute atomic E-state index is 12.7. The van der Waals surface area contributed by atoms with Crippen molar-refractivity contribution >= 4 is 22.9 Å². The molecule has 0 aliphatic heterocycles. The van der Waals surface area contributed by atoms with E-state index in [0.717, 1.165) is 0 Å². The average molecular weight is 215 g/mol. The molecule has 0 amide bonds. The van der Waals surface area contributed by atoms with E-state index in [4.69, 9.17) is 11.6 Å². The fourth-order valence-electron chi connectivity index (χ4n) is 0.920. The second-order valence-electron chi connectivity index (χ2n) is 2.31. The predicted octanol–water partition coefficient (Wildman–Crippen LogP) is 3.00. The monoisotopic (exact) mass is 214 g/mol. The Labute approximate surface area is 83.0 Å². The van der Waals surface area contributed by atoms with Crippen molar-refractivity contribution in [3.63, 3.8) is 0 Å². The van der Waals surface area contributed by atoms with Crippen molar-refractivity contribution in [2.24, 2.45) is 0 Å². The smallest absolute Gasteiger partial charge is 0.216 e. The van der Waals surface area contributed by atoms with E-state index in [1.807, 2.05) is 5.38 Å². The van der Waals surface area contributed by atoms with Gasteiger partial charge in [-0.3, -0.25) is 0 Å². The minimum atomic E-state index is -0.549. The molecular weight excluding hydrogens is 211 g/mol. The summed E-state index contributed by atoms with van der Waals surface area (Å²) in [7, 11) is 0. The molecule has 2 aromatic heterocycles. The molecular formula is C8H4ClFN2S. The van der Waals surface area contributed by atoms with Crippen LogP contribution in [0.2, 0.25) is 4.34 Å². The summed E-state index contributed by atoms with van der Waals surface area (Å²) in [6.07, 6.45) is 1.37. The summed E-state index contributed by atoms with van der Waals surface area (Å²) in [6.45, 7) is 0. The highest BCUT2D eigenvalue weighted by Crippen LogP contribution is 2.29. The summed E-state index contributed by atoms with van der Waals surface area (Å²) in [6, 6.07) is 2.96. The van der Waals surface area contributed by atoms with E-state index < -0.39 is 5.95 Å². The van der Waals surface area contributed by atoms with E-state index in [1.165, 1.54) is 23.6 Å². The van der Waals surface area contributed by atoms with E-state index in [1.54, 1.807) is 6.07 Å². The Morgan fingerprint density at radius 2 is 2.23 bits per heavy atom. The van der Waals surface area contributed by atoms with Gasteiger partial charge in [0, 0.05) is 17.8 Å². The van der Waals surface area contributed by atoms with Crippen LogP contribution in [0.1, 0.15) is 0 Å². The Morgan fingerprint density at radius 1 is 1.38 bits per heavy atom. The van der Waals surface area contributed by atoms with Gasteiger partial charge in [0.2, 0.25) is 5.95 Å². The quantitative estimate of drug-likeness (QED) is 0.682. The van der Waals surface area contributed by atoms with E-state index in [9.17, 15) is 4.39 Å². The summed E-state index contributed by atoms with van der Waals surface area (Å²) < 4.78 is 13.3. The first-order chi connectivity index (χ1) is 6.27. The van der Waals surface area contributed by atoms with Crippen LogP contribution in [0.4, 0.5) is 4.39 Å². The minimum Gasteiger partial charge on any atom is -0.236 e. The van der Waals surface area contributed by atoms with Gasteiger partial charge >= 0.3 is 0 Å². The number of aromatic nitrogens is 2. The zero-order chi connectivity index (χ0) is 9.26. The van der Waals surface area contributed by atoms with Crippen LogP contribution in [-0.4, -0.2) is 9.97 Å². The highest BCUT2D eigenvalue weighted by atomic mass is 35.5. The molecule has 0 fully saturated rings. The molecule has 0 N–H and O–H groups in total. The minimum absolute atomic E-state index is 0.325. The van der Waals surface area contributed by atoms with Gasteiger partial charge in [0.25, 0.3) is 0 Å². The molecule has 0 aliphatic rings. The topological polar surface area (TPSA) is 25.8 Å². The first kappa shape index (κ1) is 8.59. The molecule has 13 heavy (non-hydrogen) atoms. The molecule has 0 atom stereocenters. The lowest BCUT2D eigenvalue weighted by Crippen LogP contribution is -1.89. The molecule has 0 aromatic carbocycles. The molecule has 0 saturated carbocycles. The van der Waals surface area contributed by atoms with Crippen molar-refractivity contribution in [3.05, 3.63) is 34.0 Å². The van der Waals surface area contributed by atoms with Crippen LogP contribution >= 0.6 is 22.9 Å². The van der Waals surface area contributed by atoms with Gasteiger partial charge in [-0.2, -0.15) is 9.37 Å². The molecule has 0 unspecified atom stereocenters. The molecule has 2 nitrogen and oxygen atoms in total. The Bertz CT molecular complexity index is 430. The van der Waals surface area contributed by atoms with Crippen LogP contribution in [-0.2, 0) is 0 Å². The summed E-state index contributed by atoms with van der Waals surface area (Å²) in [5.41, 5.74) is 0.672. The zero-order valence-corrected chi connectivity index (χ0v) is 7.94. The van der Waals surface area contributed by atoms with Crippen molar-refractivity contribution in [2.75, 3.05) is 0 Å². The van der Waals surface area contributed by atoms with Crippen LogP contribution in [0.3, 0.4) is 0 Å². The Hall–Kier alpha value is -1.00. The lowest BCUT2D eigenvalue weighted by molar-refractivity contribution is 0.581. The maximum atomic E-state index is 12.7. The van der Waals surface area contributed by atoms with E-state index in [0.29, 0.717) is 15.7 Å². The third-order valence-electron chi connectivity index (χ3n) is 1.48. The fourth-order valence-corrected chi connectivity index (χ4v) is 1.83. The van der Waals surface area contributed by atoms with Crippen molar-refractivity contribution in [1.82, 2.24) is 9.97 Å². The molecule has 0 aliphatic carbocycles. The maximum Gasteiger partial charge on any atom is 0.216 e. The molecule has 2 heterocycles. The molecule has 66 valence electrons. The lowest BCUT2D eigenvalue weighted by atomic mass is 10.3. The summed E-state index contributed by atoms with van der Waals surface area (Å²) in [4.78, 5) is 7.53. The van der Waals surface area contributed by atoms with Gasteiger partial charge in [-0.15, -0.1) is 11.3 Å². The molecule has 0 bridgehead atoms. The Balaban J connectivity index is 2.53. The lowest BCUT2D eigenvalue weighted by Gasteiger charge is -1.95. The molecule has 2 rings (SSSR count). The van der Waals surface area contributed by atoms with Crippen molar-refractivity contribution < 1.29 is 4.39 Å². The Kier molecular flexibility index (Phi) is 2.24. The molecule has 0 radical (unpaired) electrons. The van der Waals surface area contributed by atoms with Gasteiger partial charge in [0.1, 0.15) is 4.34 Å². The van der Waals surface area contributed by atoms with Gasteiger partial charge in [-0.25, -0.2) is 4.98 Å². The highest BCUT2D eigenvalue weighted by molar-refractivity contribution is 7.15. The SMILES string of the molecule is Fc1ccnc(-c2ccsc2Cl)n1. The summed E-state index contributed by atoms with van der Waals surface area (Å²) >= 11 is 7.21. The van der Waals surface area contributed by atoms with Gasteiger partial charge in [-0.1, -0.05) is 11.6 Å². The third kappa shape index (κ3) is 1.68. The van der Waals surface area contributed by atoms with E-state index >= 15 is 0 Å². The van der Waals surface area contributed by atoms with E-state index in [-0.39, 0.29) is 0 Å². The third-order valence-corrected chi connectivity index (χ3v) is 2.65. The molecule has 2 aromatic rings. The highest BCUT2D eigenvalue weighted by Gasteiger charge is 2.07. The van der Waals surface area contributed by atoms with Crippen LogP contribution in [0.25, 0.3) is 11.4 Å². The van der Waals surface area contributed by atoms with Crippen LogP contribution in [0, 0.1) is 5.95 Å². The van der Waals surface area contributed by atoms with Gasteiger partial charge < -0.3 is 0 Å². The van der Waals surface area contributed by atoms with Crippen LogP contribution in [0.15, 0.2) is 23.7 Å². The Morgan fingerprint density at radius 3 is 2.85 bits per heavy atom. The van der Waals surface area contributed by atoms with E-state index in [2.05, 4.69) is 9.97 Å². The number of hydrogen-bond acceptors (Lipinski definition) is 3. The first-order valence-electron chi connectivity index (χ1n) is 3.49. The fraction of sp³-hybridized carbons (Fsp3) is 0. The molecule has 5 heteroatoms. The number of rotatable bonds is 1. The predicted molar refractivity (Wildman–Crippen MR) is 50.3 cm³/mol. The molecule has 0 spiro atoms.